The van der Waals surface area contributed by atoms with Crippen LogP contribution in [-0.4, -0.2) is 23.3 Å². The van der Waals surface area contributed by atoms with Crippen LogP contribution in [0.3, 0.4) is 0 Å². The number of aryl methyl sites for hydroxylation is 1. The van der Waals surface area contributed by atoms with Crippen LogP contribution in [0.15, 0.2) is 73.1 Å². The molecule has 6 nitrogen and oxygen atoms in total. The molecule has 29 heavy (non-hydrogen) atoms. The van der Waals surface area contributed by atoms with Crippen molar-refractivity contribution in [1.82, 2.24) is 4.98 Å². The van der Waals surface area contributed by atoms with Crippen molar-refractivity contribution in [3.05, 3.63) is 78.6 Å². The number of aromatic nitrogens is 1. The second-order valence-electron chi connectivity index (χ2n) is 7.02. The zero-order valence-electron chi connectivity index (χ0n) is 16.0. The molecule has 0 unspecified atom stereocenters. The normalized spacial score (nSPS) is 16.0. The zero-order valence-corrected chi connectivity index (χ0v) is 16.0. The van der Waals surface area contributed by atoms with E-state index in [1.807, 2.05) is 61.5 Å². The summed E-state index contributed by atoms with van der Waals surface area (Å²) in [5.74, 6) is 0.448. The van der Waals surface area contributed by atoms with Crippen molar-refractivity contribution in [2.75, 3.05) is 16.8 Å². The molecule has 0 bridgehead atoms. The van der Waals surface area contributed by atoms with Crippen LogP contribution in [0, 0.1) is 12.8 Å². The van der Waals surface area contributed by atoms with Crippen LogP contribution in [0.25, 0.3) is 0 Å². The summed E-state index contributed by atoms with van der Waals surface area (Å²) in [6.45, 7) is 2.34. The van der Waals surface area contributed by atoms with Gasteiger partial charge in [0.2, 0.25) is 11.8 Å². The van der Waals surface area contributed by atoms with Crippen molar-refractivity contribution in [3.8, 4) is 11.5 Å². The summed E-state index contributed by atoms with van der Waals surface area (Å²) < 4.78 is 5.86. The molecule has 146 valence electrons. The quantitative estimate of drug-likeness (QED) is 0.713. The highest BCUT2D eigenvalue weighted by Crippen LogP contribution is 2.30. The third-order valence-corrected chi connectivity index (χ3v) is 4.85. The Morgan fingerprint density at radius 1 is 1.10 bits per heavy atom. The molecular weight excluding hydrogens is 366 g/mol. The summed E-state index contributed by atoms with van der Waals surface area (Å²) >= 11 is 0. The van der Waals surface area contributed by atoms with E-state index in [4.69, 9.17) is 4.74 Å². The number of para-hydroxylation sites is 1. The minimum atomic E-state index is -0.436. The first kappa shape index (κ1) is 18.7. The van der Waals surface area contributed by atoms with E-state index < -0.39 is 5.92 Å². The monoisotopic (exact) mass is 387 g/mol. The first-order chi connectivity index (χ1) is 14.1. The number of anilines is 2. The van der Waals surface area contributed by atoms with Gasteiger partial charge in [-0.1, -0.05) is 35.9 Å². The molecule has 1 atom stereocenters. The van der Waals surface area contributed by atoms with Crippen molar-refractivity contribution >= 4 is 23.2 Å². The van der Waals surface area contributed by atoms with Crippen molar-refractivity contribution in [1.29, 1.82) is 0 Å². The highest BCUT2D eigenvalue weighted by Gasteiger charge is 2.35. The molecule has 1 aliphatic heterocycles. The third kappa shape index (κ3) is 4.27. The Balaban J connectivity index is 1.46. The van der Waals surface area contributed by atoms with E-state index in [0.717, 1.165) is 11.3 Å². The fourth-order valence-corrected chi connectivity index (χ4v) is 3.27. The highest BCUT2D eigenvalue weighted by atomic mass is 16.5. The number of ether oxygens (including phenoxy) is 1. The summed E-state index contributed by atoms with van der Waals surface area (Å²) in [5.41, 5.74) is 2.41. The minimum absolute atomic E-state index is 0.0547. The lowest BCUT2D eigenvalue weighted by atomic mass is 10.1. The predicted octanol–water partition coefficient (Wildman–Crippen LogP) is 4.17. The lowest BCUT2D eigenvalue weighted by Gasteiger charge is -2.17. The van der Waals surface area contributed by atoms with Crippen LogP contribution in [0.1, 0.15) is 12.0 Å². The molecule has 1 saturated heterocycles. The van der Waals surface area contributed by atoms with Crippen LogP contribution in [-0.2, 0) is 9.59 Å². The largest absolute Gasteiger partial charge is 0.455 e. The first-order valence-corrected chi connectivity index (χ1v) is 9.45. The number of carbonyl (C=O) groups is 2. The second-order valence-corrected chi connectivity index (χ2v) is 7.02. The van der Waals surface area contributed by atoms with Gasteiger partial charge in [-0.25, -0.2) is 0 Å². The molecule has 4 rings (SSSR count). The van der Waals surface area contributed by atoms with Crippen molar-refractivity contribution in [2.24, 2.45) is 5.92 Å². The summed E-state index contributed by atoms with van der Waals surface area (Å²) in [5, 5.41) is 2.87. The molecular formula is C23H21N3O3. The Morgan fingerprint density at radius 2 is 1.86 bits per heavy atom. The molecule has 1 aromatic heterocycles. The number of benzene rings is 2. The summed E-state index contributed by atoms with van der Waals surface area (Å²) in [4.78, 5) is 31.0. The number of pyridine rings is 1. The smallest absolute Gasteiger partial charge is 0.229 e. The molecule has 0 radical (unpaired) electrons. The second kappa shape index (κ2) is 8.14. The average molecular weight is 387 g/mol. The standard InChI is InChI=1S/C23H21N3O3/c1-16-7-9-18(10-8-16)26-15-17(13-22(26)27)23(28)25-20-14-24-12-11-21(20)29-19-5-3-2-4-6-19/h2-12,14,17H,13,15H2,1H3,(H,25,28)/t17-/m0/s1. The number of hydrogen-bond donors (Lipinski definition) is 1. The minimum Gasteiger partial charge on any atom is -0.455 e. The summed E-state index contributed by atoms with van der Waals surface area (Å²) in [6.07, 6.45) is 3.33. The van der Waals surface area contributed by atoms with E-state index in [1.165, 1.54) is 0 Å². The molecule has 2 aromatic carbocycles. The molecule has 0 spiro atoms. The van der Waals surface area contributed by atoms with Gasteiger partial charge in [-0.15, -0.1) is 0 Å². The van der Waals surface area contributed by atoms with Gasteiger partial charge in [0.25, 0.3) is 0 Å². The van der Waals surface area contributed by atoms with Gasteiger partial charge in [0.15, 0.2) is 5.75 Å². The molecule has 2 amide bonds. The fraction of sp³-hybridized carbons (Fsp3) is 0.174. The molecule has 6 heteroatoms. The van der Waals surface area contributed by atoms with Gasteiger partial charge in [-0.3, -0.25) is 14.6 Å². The number of carbonyl (C=O) groups excluding carboxylic acids is 2. The maximum atomic E-state index is 12.8. The molecule has 3 aromatic rings. The Kier molecular flexibility index (Phi) is 5.24. The number of rotatable bonds is 5. The van der Waals surface area contributed by atoms with Crippen LogP contribution < -0.4 is 15.0 Å². The predicted molar refractivity (Wildman–Crippen MR) is 111 cm³/mol. The Bertz CT molecular complexity index is 1020. The highest BCUT2D eigenvalue weighted by molar-refractivity contribution is 6.03. The Labute approximate surface area is 169 Å². The van der Waals surface area contributed by atoms with Crippen LogP contribution in [0.4, 0.5) is 11.4 Å². The third-order valence-electron chi connectivity index (χ3n) is 4.85. The number of nitrogens with one attached hydrogen (secondary N) is 1. The molecule has 0 saturated carbocycles. The molecule has 1 aliphatic rings. The maximum absolute atomic E-state index is 12.8. The van der Waals surface area contributed by atoms with Gasteiger partial charge in [0, 0.05) is 30.9 Å². The van der Waals surface area contributed by atoms with Crippen molar-refractivity contribution < 1.29 is 14.3 Å². The Hall–Kier alpha value is -3.67. The summed E-state index contributed by atoms with van der Waals surface area (Å²) in [6, 6.07) is 18.7. The SMILES string of the molecule is Cc1ccc(N2C[C@@H](C(=O)Nc3cnccc3Oc3ccccc3)CC2=O)cc1. The average Bonchev–Trinajstić information content (AvgIpc) is 3.13. The topological polar surface area (TPSA) is 71.5 Å². The van der Waals surface area contributed by atoms with Gasteiger partial charge in [0.1, 0.15) is 11.4 Å². The van der Waals surface area contributed by atoms with E-state index in [2.05, 4.69) is 10.3 Å². The molecule has 1 N–H and O–H groups in total. The van der Waals surface area contributed by atoms with E-state index in [-0.39, 0.29) is 18.2 Å². The van der Waals surface area contributed by atoms with Crippen molar-refractivity contribution in [2.45, 2.75) is 13.3 Å². The number of amides is 2. The summed E-state index contributed by atoms with van der Waals surface area (Å²) in [7, 11) is 0. The Morgan fingerprint density at radius 3 is 2.62 bits per heavy atom. The van der Waals surface area contributed by atoms with Crippen LogP contribution in [0.2, 0.25) is 0 Å². The number of hydrogen-bond acceptors (Lipinski definition) is 4. The van der Waals surface area contributed by atoms with Gasteiger partial charge in [-0.2, -0.15) is 0 Å². The number of nitrogens with zero attached hydrogens (tertiary/aromatic N) is 2. The van der Waals surface area contributed by atoms with Gasteiger partial charge in [0.05, 0.1) is 12.1 Å². The van der Waals surface area contributed by atoms with Gasteiger partial charge >= 0.3 is 0 Å². The van der Waals surface area contributed by atoms with E-state index in [0.29, 0.717) is 23.7 Å². The van der Waals surface area contributed by atoms with Gasteiger partial charge < -0.3 is 15.0 Å². The fourth-order valence-electron chi connectivity index (χ4n) is 3.27. The van der Waals surface area contributed by atoms with Crippen molar-refractivity contribution in [3.63, 3.8) is 0 Å². The van der Waals surface area contributed by atoms with Gasteiger partial charge in [-0.05, 0) is 31.2 Å². The first-order valence-electron chi connectivity index (χ1n) is 9.45. The van der Waals surface area contributed by atoms with E-state index >= 15 is 0 Å². The zero-order chi connectivity index (χ0) is 20.2. The lowest BCUT2D eigenvalue weighted by Crippen LogP contribution is -2.28. The van der Waals surface area contributed by atoms with Crippen LogP contribution >= 0.6 is 0 Å². The molecule has 2 heterocycles. The molecule has 1 fully saturated rings. The van der Waals surface area contributed by atoms with Crippen LogP contribution in [0.5, 0.6) is 11.5 Å². The lowest BCUT2D eigenvalue weighted by molar-refractivity contribution is -0.122. The van der Waals surface area contributed by atoms with E-state index in [9.17, 15) is 9.59 Å². The maximum Gasteiger partial charge on any atom is 0.229 e. The molecule has 0 aliphatic carbocycles. The van der Waals surface area contributed by atoms with E-state index in [1.54, 1.807) is 23.4 Å².